The van der Waals surface area contributed by atoms with E-state index >= 15 is 0 Å². The third kappa shape index (κ3) is 0.722. The first kappa shape index (κ1) is 6.62. The van der Waals surface area contributed by atoms with E-state index in [0.717, 1.165) is 12.5 Å². The Bertz CT molecular complexity index is 129. The maximum atomic E-state index is 5.69. The van der Waals surface area contributed by atoms with Crippen LogP contribution in [0.15, 0.2) is 0 Å². The standard InChI is InChI=1S/C8H16N2/c9-4-7-2-1-3-8(7)5-10-6-8/h7,10H,1-6,9H2. The van der Waals surface area contributed by atoms with Gasteiger partial charge in [-0.3, -0.25) is 0 Å². The summed E-state index contributed by atoms with van der Waals surface area (Å²) >= 11 is 0. The molecule has 1 atom stereocenters. The van der Waals surface area contributed by atoms with Crippen molar-refractivity contribution >= 4 is 0 Å². The van der Waals surface area contributed by atoms with Crippen molar-refractivity contribution < 1.29 is 0 Å². The molecule has 1 spiro atoms. The van der Waals surface area contributed by atoms with Crippen LogP contribution in [0.1, 0.15) is 19.3 Å². The predicted molar refractivity (Wildman–Crippen MR) is 41.7 cm³/mol. The van der Waals surface area contributed by atoms with Crippen LogP contribution in [0.2, 0.25) is 0 Å². The van der Waals surface area contributed by atoms with Gasteiger partial charge in [-0.05, 0) is 30.7 Å². The molecule has 2 heteroatoms. The van der Waals surface area contributed by atoms with Crippen LogP contribution in [0.4, 0.5) is 0 Å². The number of rotatable bonds is 1. The molecule has 2 fully saturated rings. The van der Waals surface area contributed by atoms with Crippen LogP contribution in [-0.2, 0) is 0 Å². The van der Waals surface area contributed by atoms with Gasteiger partial charge in [0.05, 0.1) is 0 Å². The van der Waals surface area contributed by atoms with Gasteiger partial charge in [-0.2, -0.15) is 0 Å². The lowest BCUT2D eigenvalue weighted by Crippen LogP contribution is -2.56. The lowest BCUT2D eigenvalue weighted by Gasteiger charge is -2.44. The van der Waals surface area contributed by atoms with E-state index in [-0.39, 0.29) is 0 Å². The molecule has 1 aliphatic heterocycles. The van der Waals surface area contributed by atoms with Gasteiger partial charge in [0.15, 0.2) is 0 Å². The largest absolute Gasteiger partial charge is 0.330 e. The summed E-state index contributed by atoms with van der Waals surface area (Å²) in [6, 6.07) is 0. The molecule has 0 amide bonds. The molecule has 0 aromatic heterocycles. The number of nitrogens with one attached hydrogen (secondary N) is 1. The van der Waals surface area contributed by atoms with Gasteiger partial charge in [0.25, 0.3) is 0 Å². The molecule has 1 aliphatic carbocycles. The zero-order chi connectivity index (χ0) is 7.03. The van der Waals surface area contributed by atoms with Crippen molar-refractivity contribution in [2.24, 2.45) is 17.1 Å². The maximum Gasteiger partial charge on any atom is 0.00234 e. The summed E-state index contributed by atoms with van der Waals surface area (Å²) in [5.74, 6) is 0.828. The zero-order valence-electron chi connectivity index (χ0n) is 6.40. The first-order valence-corrected chi connectivity index (χ1v) is 4.28. The molecule has 1 saturated carbocycles. The first-order valence-electron chi connectivity index (χ1n) is 4.28. The third-order valence-corrected chi connectivity index (χ3v) is 3.33. The van der Waals surface area contributed by atoms with Gasteiger partial charge in [-0.15, -0.1) is 0 Å². The Morgan fingerprint density at radius 1 is 1.50 bits per heavy atom. The van der Waals surface area contributed by atoms with Gasteiger partial charge in [0, 0.05) is 13.1 Å². The topological polar surface area (TPSA) is 38.0 Å². The molecule has 10 heavy (non-hydrogen) atoms. The Morgan fingerprint density at radius 3 is 2.70 bits per heavy atom. The van der Waals surface area contributed by atoms with E-state index in [1.165, 1.54) is 32.4 Å². The van der Waals surface area contributed by atoms with Crippen molar-refractivity contribution in [3.63, 3.8) is 0 Å². The van der Waals surface area contributed by atoms with Crippen molar-refractivity contribution in [1.82, 2.24) is 5.32 Å². The van der Waals surface area contributed by atoms with Gasteiger partial charge < -0.3 is 11.1 Å². The van der Waals surface area contributed by atoms with Crippen LogP contribution in [0.5, 0.6) is 0 Å². The summed E-state index contributed by atoms with van der Waals surface area (Å²) in [5, 5.41) is 3.35. The van der Waals surface area contributed by atoms with Crippen LogP contribution in [-0.4, -0.2) is 19.6 Å². The van der Waals surface area contributed by atoms with E-state index in [1.807, 2.05) is 0 Å². The molecule has 0 aromatic carbocycles. The molecule has 2 aliphatic rings. The molecule has 2 rings (SSSR count). The lowest BCUT2D eigenvalue weighted by atomic mass is 9.73. The summed E-state index contributed by atoms with van der Waals surface area (Å²) in [4.78, 5) is 0. The third-order valence-electron chi connectivity index (χ3n) is 3.33. The first-order chi connectivity index (χ1) is 4.87. The highest BCUT2D eigenvalue weighted by atomic mass is 15.0. The van der Waals surface area contributed by atoms with Crippen LogP contribution in [0.25, 0.3) is 0 Å². The molecule has 1 heterocycles. The Morgan fingerprint density at radius 2 is 2.30 bits per heavy atom. The molecule has 2 nitrogen and oxygen atoms in total. The summed E-state index contributed by atoms with van der Waals surface area (Å²) < 4.78 is 0. The van der Waals surface area contributed by atoms with E-state index in [2.05, 4.69) is 5.32 Å². The summed E-state index contributed by atoms with van der Waals surface area (Å²) in [6.07, 6.45) is 4.20. The quantitative estimate of drug-likeness (QED) is 0.551. The predicted octanol–water partition coefficient (Wildman–Crippen LogP) is 0.335. The Hall–Kier alpha value is -0.0800. The summed E-state index contributed by atoms with van der Waals surface area (Å²) in [6.45, 7) is 3.37. The normalized spacial score (nSPS) is 36.3. The zero-order valence-corrected chi connectivity index (χ0v) is 6.40. The second-order valence-electron chi connectivity index (χ2n) is 3.79. The highest BCUT2D eigenvalue weighted by Crippen LogP contribution is 2.45. The molecule has 58 valence electrons. The Balaban J connectivity index is 2.05. The van der Waals surface area contributed by atoms with Gasteiger partial charge in [0.2, 0.25) is 0 Å². The van der Waals surface area contributed by atoms with E-state index in [4.69, 9.17) is 5.73 Å². The number of nitrogens with two attached hydrogens (primary N) is 1. The molecule has 0 radical (unpaired) electrons. The smallest absolute Gasteiger partial charge is 0.00234 e. The molecule has 1 saturated heterocycles. The van der Waals surface area contributed by atoms with Crippen molar-refractivity contribution in [3.05, 3.63) is 0 Å². The van der Waals surface area contributed by atoms with Crippen molar-refractivity contribution in [2.75, 3.05) is 19.6 Å². The summed E-state index contributed by atoms with van der Waals surface area (Å²) in [5.41, 5.74) is 6.34. The minimum Gasteiger partial charge on any atom is -0.330 e. The minimum atomic E-state index is 0.648. The minimum absolute atomic E-state index is 0.648. The summed E-state index contributed by atoms with van der Waals surface area (Å²) in [7, 11) is 0. The van der Waals surface area contributed by atoms with Crippen LogP contribution in [0, 0.1) is 11.3 Å². The molecule has 1 unspecified atom stereocenters. The van der Waals surface area contributed by atoms with Gasteiger partial charge in [-0.25, -0.2) is 0 Å². The average molecular weight is 140 g/mol. The monoisotopic (exact) mass is 140 g/mol. The molecular weight excluding hydrogens is 124 g/mol. The highest BCUT2D eigenvalue weighted by molar-refractivity contribution is 5.01. The Labute approximate surface area is 62.2 Å². The van der Waals surface area contributed by atoms with E-state index in [9.17, 15) is 0 Å². The number of hydrogen-bond donors (Lipinski definition) is 2. The van der Waals surface area contributed by atoms with Crippen molar-refractivity contribution in [3.8, 4) is 0 Å². The average Bonchev–Trinajstić information content (AvgIpc) is 2.27. The van der Waals surface area contributed by atoms with Gasteiger partial charge in [-0.1, -0.05) is 6.42 Å². The van der Waals surface area contributed by atoms with E-state index < -0.39 is 0 Å². The molecule has 0 bridgehead atoms. The maximum absolute atomic E-state index is 5.69. The SMILES string of the molecule is NCC1CCCC12CNC2. The fraction of sp³-hybridized carbons (Fsp3) is 1.00. The fourth-order valence-electron chi connectivity index (χ4n) is 2.49. The number of hydrogen-bond acceptors (Lipinski definition) is 2. The van der Waals surface area contributed by atoms with Crippen molar-refractivity contribution in [2.45, 2.75) is 19.3 Å². The lowest BCUT2D eigenvalue weighted by molar-refractivity contribution is 0.114. The second kappa shape index (κ2) is 2.21. The van der Waals surface area contributed by atoms with Crippen LogP contribution < -0.4 is 11.1 Å². The van der Waals surface area contributed by atoms with Gasteiger partial charge >= 0.3 is 0 Å². The van der Waals surface area contributed by atoms with Crippen LogP contribution >= 0.6 is 0 Å². The van der Waals surface area contributed by atoms with E-state index in [0.29, 0.717) is 5.41 Å². The Kier molecular flexibility index (Phi) is 1.46. The fourth-order valence-corrected chi connectivity index (χ4v) is 2.49. The van der Waals surface area contributed by atoms with Gasteiger partial charge in [0.1, 0.15) is 0 Å². The molecular formula is C8H16N2. The highest BCUT2D eigenvalue weighted by Gasteiger charge is 2.46. The van der Waals surface area contributed by atoms with Crippen molar-refractivity contribution in [1.29, 1.82) is 0 Å². The molecule has 0 aromatic rings. The second-order valence-corrected chi connectivity index (χ2v) is 3.79. The van der Waals surface area contributed by atoms with E-state index in [1.54, 1.807) is 0 Å². The molecule has 3 N–H and O–H groups in total. The van der Waals surface area contributed by atoms with Crippen LogP contribution in [0.3, 0.4) is 0 Å².